The standard InChI is InChI=1S/C11H10N2OS/c12-10(14)6-3-7-11-13-8-4-1-2-5-9(8)15-11/h1-5,7H,6H2,(H2,12,14). The van der Waals surface area contributed by atoms with Gasteiger partial charge in [-0.25, -0.2) is 4.98 Å². The Labute approximate surface area is 91.2 Å². The Morgan fingerprint density at radius 2 is 2.27 bits per heavy atom. The second-order valence-electron chi connectivity index (χ2n) is 3.09. The predicted octanol–water partition coefficient (Wildman–Crippen LogP) is 2.18. The third kappa shape index (κ3) is 2.41. The topological polar surface area (TPSA) is 56.0 Å². The maximum atomic E-state index is 10.5. The van der Waals surface area contributed by atoms with E-state index in [1.54, 1.807) is 17.4 Å². The number of rotatable bonds is 3. The summed E-state index contributed by atoms with van der Waals surface area (Å²) in [6, 6.07) is 7.94. The van der Waals surface area contributed by atoms with Crippen LogP contribution in [-0.2, 0) is 4.79 Å². The zero-order valence-corrected chi connectivity index (χ0v) is 8.83. The molecule has 1 aromatic heterocycles. The molecule has 3 nitrogen and oxygen atoms in total. The smallest absolute Gasteiger partial charge is 0.221 e. The fourth-order valence-electron chi connectivity index (χ4n) is 1.24. The molecule has 0 aliphatic rings. The molecule has 2 rings (SSSR count). The number of fused-ring (bicyclic) bond motifs is 1. The van der Waals surface area contributed by atoms with E-state index in [9.17, 15) is 4.79 Å². The van der Waals surface area contributed by atoms with E-state index in [4.69, 9.17) is 5.73 Å². The number of amides is 1. The van der Waals surface area contributed by atoms with Crippen molar-refractivity contribution in [3.05, 3.63) is 35.3 Å². The largest absolute Gasteiger partial charge is 0.369 e. The van der Waals surface area contributed by atoms with Crippen LogP contribution in [0.25, 0.3) is 16.3 Å². The molecule has 0 unspecified atom stereocenters. The van der Waals surface area contributed by atoms with E-state index in [-0.39, 0.29) is 12.3 Å². The molecule has 0 aliphatic heterocycles. The van der Waals surface area contributed by atoms with Gasteiger partial charge in [0.2, 0.25) is 5.91 Å². The minimum atomic E-state index is -0.327. The molecule has 4 heteroatoms. The number of thiazole rings is 1. The molecule has 2 aromatic rings. The van der Waals surface area contributed by atoms with Crippen molar-refractivity contribution in [1.82, 2.24) is 4.98 Å². The van der Waals surface area contributed by atoms with Crippen LogP contribution in [0.4, 0.5) is 0 Å². The van der Waals surface area contributed by atoms with Crippen LogP contribution in [0, 0.1) is 0 Å². The molecule has 0 saturated carbocycles. The number of hydrogen-bond donors (Lipinski definition) is 1. The number of carbonyl (C=O) groups is 1. The highest BCUT2D eigenvalue weighted by molar-refractivity contribution is 7.19. The lowest BCUT2D eigenvalue weighted by Gasteiger charge is -1.83. The van der Waals surface area contributed by atoms with E-state index in [1.165, 1.54) is 0 Å². The van der Waals surface area contributed by atoms with Gasteiger partial charge in [-0.1, -0.05) is 18.2 Å². The number of nitrogens with zero attached hydrogens (tertiary/aromatic N) is 1. The highest BCUT2D eigenvalue weighted by atomic mass is 32.1. The number of nitrogens with two attached hydrogens (primary N) is 1. The molecule has 0 atom stereocenters. The second-order valence-corrected chi connectivity index (χ2v) is 4.15. The van der Waals surface area contributed by atoms with Crippen LogP contribution in [-0.4, -0.2) is 10.9 Å². The Morgan fingerprint density at radius 3 is 3.00 bits per heavy atom. The second kappa shape index (κ2) is 4.23. The van der Waals surface area contributed by atoms with E-state index >= 15 is 0 Å². The average molecular weight is 218 g/mol. The Hall–Kier alpha value is -1.68. The van der Waals surface area contributed by atoms with Gasteiger partial charge in [0.1, 0.15) is 5.01 Å². The first-order valence-electron chi connectivity index (χ1n) is 4.56. The highest BCUT2D eigenvalue weighted by Gasteiger charge is 1.98. The Balaban J connectivity index is 2.22. The van der Waals surface area contributed by atoms with E-state index in [0.717, 1.165) is 15.2 Å². The number of benzene rings is 1. The summed E-state index contributed by atoms with van der Waals surface area (Å²) < 4.78 is 1.15. The van der Waals surface area contributed by atoms with E-state index in [1.807, 2.05) is 30.3 Å². The summed E-state index contributed by atoms with van der Waals surface area (Å²) in [6.07, 6.45) is 3.82. The molecule has 0 spiro atoms. The summed E-state index contributed by atoms with van der Waals surface area (Å²) in [6.45, 7) is 0. The van der Waals surface area contributed by atoms with Crippen LogP contribution in [0.3, 0.4) is 0 Å². The van der Waals surface area contributed by atoms with Gasteiger partial charge in [0.25, 0.3) is 0 Å². The van der Waals surface area contributed by atoms with E-state index < -0.39 is 0 Å². The van der Waals surface area contributed by atoms with Crippen molar-refractivity contribution < 1.29 is 4.79 Å². The minimum absolute atomic E-state index is 0.260. The van der Waals surface area contributed by atoms with Gasteiger partial charge in [-0.3, -0.25) is 4.79 Å². The molecule has 1 aromatic carbocycles. The normalized spacial score (nSPS) is 11.2. The third-order valence-corrected chi connectivity index (χ3v) is 2.89. The monoisotopic (exact) mass is 218 g/mol. The lowest BCUT2D eigenvalue weighted by atomic mass is 10.3. The Morgan fingerprint density at radius 1 is 1.47 bits per heavy atom. The van der Waals surface area contributed by atoms with Gasteiger partial charge in [-0.15, -0.1) is 11.3 Å². The molecule has 2 N–H and O–H groups in total. The number of aromatic nitrogens is 1. The van der Waals surface area contributed by atoms with Gasteiger partial charge in [0.05, 0.1) is 10.2 Å². The molecule has 15 heavy (non-hydrogen) atoms. The van der Waals surface area contributed by atoms with Crippen molar-refractivity contribution in [2.75, 3.05) is 0 Å². The van der Waals surface area contributed by atoms with Crippen molar-refractivity contribution in [2.24, 2.45) is 5.73 Å². The van der Waals surface area contributed by atoms with Crippen molar-refractivity contribution in [3.63, 3.8) is 0 Å². The van der Waals surface area contributed by atoms with Crippen LogP contribution in [0.5, 0.6) is 0 Å². The van der Waals surface area contributed by atoms with Crippen LogP contribution < -0.4 is 5.73 Å². The average Bonchev–Trinajstić information content (AvgIpc) is 2.59. The number of primary amides is 1. The predicted molar refractivity (Wildman–Crippen MR) is 62.5 cm³/mol. The fourth-order valence-corrected chi connectivity index (χ4v) is 2.14. The van der Waals surface area contributed by atoms with Crippen molar-refractivity contribution in [3.8, 4) is 0 Å². The van der Waals surface area contributed by atoms with Crippen molar-refractivity contribution in [1.29, 1.82) is 0 Å². The molecule has 1 heterocycles. The molecule has 0 aliphatic carbocycles. The van der Waals surface area contributed by atoms with Gasteiger partial charge in [0, 0.05) is 6.42 Å². The minimum Gasteiger partial charge on any atom is -0.369 e. The van der Waals surface area contributed by atoms with Crippen LogP contribution >= 0.6 is 11.3 Å². The summed E-state index contributed by atoms with van der Waals surface area (Å²) in [4.78, 5) is 14.9. The molecular formula is C11H10N2OS. The lowest BCUT2D eigenvalue weighted by Crippen LogP contribution is -2.07. The zero-order valence-electron chi connectivity index (χ0n) is 8.01. The van der Waals surface area contributed by atoms with Crippen molar-refractivity contribution >= 4 is 33.5 Å². The molecule has 0 saturated heterocycles. The first-order valence-corrected chi connectivity index (χ1v) is 5.38. The van der Waals surface area contributed by atoms with Gasteiger partial charge in [-0.2, -0.15) is 0 Å². The Kier molecular flexibility index (Phi) is 2.78. The molecule has 1 amide bonds. The van der Waals surface area contributed by atoms with Gasteiger partial charge < -0.3 is 5.73 Å². The molecule has 76 valence electrons. The summed E-state index contributed by atoms with van der Waals surface area (Å²) in [5.74, 6) is -0.327. The maximum absolute atomic E-state index is 10.5. The summed E-state index contributed by atoms with van der Waals surface area (Å²) in [5, 5.41) is 0.900. The first-order chi connectivity index (χ1) is 7.25. The number of carbonyl (C=O) groups excluding carboxylic acids is 1. The van der Waals surface area contributed by atoms with Gasteiger partial charge in [-0.05, 0) is 18.2 Å². The molecular weight excluding hydrogens is 208 g/mol. The summed E-state index contributed by atoms with van der Waals surface area (Å²) in [7, 11) is 0. The molecule has 0 radical (unpaired) electrons. The van der Waals surface area contributed by atoms with Crippen LogP contribution in [0.15, 0.2) is 30.3 Å². The highest BCUT2D eigenvalue weighted by Crippen LogP contribution is 2.22. The van der Waals surface area contributed by atoms with Crippen LogP contribution in [0.1, 0.15) is 11.4 Å². The quantitative estimate of drug-likeness (QED) is 0.858. The number of hydrogen-bond acceptors (Lipinski definition) is 3. The Bertz CT molecular complexity index is 483. The first kappa shape index (κ1) is 9.86. The molecule has 0 bridgehead atoms. The van der Waals surface area contributed by atoms with Crippen LogP contribution in [0.2, 0.25) is 0 Å². The summed E-state index contributed by atoms with van der Waals surface area (Å²) in [5.41, 5.74) is 6.01. The number of para-hydroxylation sites is 1. The van der Waals surface area contributed by atoms with E-state index in [2.05, 4.69) is 4.98 Å². The van der Waals surface area contributed by atoms with E-state index in [0.29, 0.717) is 0 Å². The van der Waals surface area contributed by atoms with Gasteiger partial charge >= 0.3 is 0 Å². The van der Waals surface area contributed by atoms with Crippen molar-refractivity contribution in [2.45, 2.75) is 6.42 Å². The van der Waals surface area contributed by atoms with Gasteiger partial charge in [0.15, 0.2) is 0 Å². The lowest BCUT2D eigenvalue weighted by molar-refractivity contribution is -0.117. The maximum Gasteiger partial charge on any atom is 0.221 e. The molecule has 0 fully saturated rings. The fraction of sp³-hybridized carbons (Fsp3) is 0.0909. The SMILES string of the molecule is NC(=O)CC=Cc1nc2ccccc2s1. The third-order valence-electron chi connectivity index (χ3n) is 1.89. The zero-order chi connectivity index (χ0) is 10.7. The summed E-state index contributed by atoms with van der Waals surface area (Å²) >= 11 is 1.60.